The van der Waals surface area contributed by atoms with Crippen molar-refractivity contribution in [3.63, 3.8) is 0 Å². The number of carbonyl (C=O) groups excluding carboxylic acids is 1. The minimum Gasteiger partial charge on any atom is -0.408 e. The molecule has 0 amide bonds. The number of fused-ring (bicyclic) bond motifs is 1. The molecule has 0 saturated heterocycles. The van der Waals surface area contributed by atoms with Crippen molar-refractivity contribution in [3.8, 4) is 0 Å². The summed E-state index contributed by atoms with van der Waals surface area (Å²) in [5.74, 6) is -0.376. The van der Waals surface area contributed by atoms with Crippen LogP contribution in [0.3, 0.4) is 0 Å². The van der Waals surface area contributed by atoms with Gasteiger partial charge in [-0.2, -0.15) is 0 Å². The van der Waals surface area contributed by atoms with E-state index in [-0.39, 0.29) is 5.76 Å². The Kier molecular flexibility index (Phi) is 3.39. The molecular formula is C12H14N2O3. The van der Waals surface area contributed by atoms with E-state index in [1.54, 1.807) is 22.8 Å². The average Bonchev–Trinajstić information content (AvgIpc) is 2.65. The Balaban J connectivity index is 2.38. The maximum Gasteiger partial charge on any atom is 0.419 e. The van der Waals surface area contributed by atoms with E-state index in [9.17, 15) is 9.59 Å². The molecule has 0 aliphatic carbocycles. The highest BCUT2D eigenvalue weighted by molar-refractivity contribution is 5.83. The van der Waals surface area contributed by atoms with Crippen LogP contribution in [0.15, 0.2) is 27.4 Å². The van der Waals surface area contributed by atoms with Gasteiger partial charge in [-0.15, -0.1) is 0 Å². The molecule has 0 bridgehead atoms. The number of oxazole rings is 1. The summed E-state index contributed by atoms with van der Waals surface area (Å²) in [6.07, 6.45) is 1.58. The van der Waals surface area contributed by atoms with Gasteiger partial charge in [0.2, 0.25) is 0 Å². The molecule has 0 atom stereocenters. The highest BCUT2D eigenvalue weighted by Crippen LogP contribution is 2.14. The van der Waals surface area contributed by atoms with Gasteiger partial charge in [-0.1, -0.05) is 0 Å². The molecular weight excluding hydrogens is 220 g/mol. The monoisotopic (exact) mass is 234 g/mol. The molecule has 0 fully saturated rings. The second kappa shape index (κ2) is 4.97. The Morgan fingerprint density at radius 1 is 1.47 bits per heavy atom. The molecule has 90 valence electrons. The van der Waals surface area contributed by atoms with Crippen LogP contribution < -0.4 is 11.1 Å². The van der Waals surface area contributed by atoms with Crippen LogP contribution >= 0.6 is 0 Å². The lowest BCUT2D eigenvalue weighted by atomic mass is 10.2. The van der Waals surface area contributed by atoms with Crippen LogP contribution in [-0.4, -0.2) is 24.4 Å². The third kappa shape index (κ3) is 2.29. The first kappa shape index (κ1) is 11.6. The number of aryl methyl sites for hydroxylation is 1. The van der Waals surface area contributed by atoms with Crippen LogP contribution in [0.5, 0.6) is 0 Å². The fourth-order valence-electron chi connectivity index (χ4n) is 1.78. The number of carbonyl (C=O) groups is 1. The van der Waals surface area contributed by atoms with E-state index in [0.717, 1.165) is 24.8 Å². The maximum atomic E-state index is 11.6. The number of rotatable bonds is 5. The van der Waals surface area contributed by atoms with E-state index in [2.05, 4.69) is 5.32 Å². The van der Waals surface area contributed by atoms with E-state index < -0.39 is 0 Å². The Morgan fingerprint density at radius 3 is 3.00 bits per heavy atom. The van der Waals surface area contributed by atoms with E-state index in [4.69, 9.17) is 4.42 Å². The highest BCUT2D eigenvalue weighted by Gasteiger charge is 2.08. The summed E-state index contributed by atoms with van der Waals surface area (Å²) >= 11 is 0. The molecule has 5 heteroatoms. The third-order valence-electron chi connectivity index (χ3n) is 2.64. The first-order valence-electron chi connectivity index (χ1n) is 5.49. The molecule has 0 aliphatic heterocycles. The SMILES string of the molecule is CNCCCn1c(=O)oc2cc(C=O)ccc21. The molecule has 17 heavy (non-hydrogen) atoms. The van der Waals surface area contributed by atoms with E-state index in [0.29, 0.717) is 17.7 Å². The van der Waals surface area contributed by atoms with Crippen LogP contribution in [0.4, 0.5) is 0 Å². The van der Waals surface area contributed by atoms with Gasteiger partial charge in [0.15, 0.2) is 5.58 Å². The number of hydrogen-bond acceptors (Lipinski definition) is 4. The second-order valence-electron chi connectivity index (χ2n) is 3.82. The standard InChI is InChI=1S/C12H14N2O3/c1-13-5-2-6-14-10-4-3-9(8-15)7-11(10)17-12(14)16/h3-4,7-8,13H,2,5-6H2,1H3. The van der Waals surface area contributed by atoms with Gasteiger partial charge in [0.1, 0.15) is 6.29 Å². The summed E-state index contributed by atoms with van der Waals surface area (Å²) in [6, 6.07) is 5.00. The number of aldehydes is 1. The number of hydrogen-bond donors (Lipinski definition) is 1. The van der Waals surface area contributed by atoms with Crippen molar-refractivity contribution >= 4 is 17.4 Å². The topological polar surface area (TPSA) is 64.2 Å². The van der Waals surface area contributed by atoms with Crippen molar-refractivity contribution in [1.82, 2.24) is 9.88 Å². The Bertz CT molecular complexity index is 583. The number of nitrogens with one attached hydrogen (secondary N) is 1. The first-order valence-corrected chi connectivity index (χ1v) is 5.49. The molecule has 0 saturated carbocycles. The smallest absolute Gasteiger partial charge is 0.408 e. The summed E-state index contributed by atoms with van der Waals surface area (Å²) < 4.78 is 6.68. The first-order chi connectivity index (χ1) is 8.26. The lowest BCUT2D eigenvalue weighted by molar-refractivity contribution is 0.112. The zero-order chi connectivity index (χ0) is 12.3. The number of benzene rings is 1. The minimum absolute atomic E-state index is 0.376. The maximum absolute atomic E-state index is 11.6. The van der Waals surface area contributed by atoms with Crippen molar-refractivity contribution in [3.05, 3.63) is 34.3 Å². The van der Waals surface area contributed by atoms with Gasteiger partial charge in [-0.05, 0) is 38.2 Å². The van der Waals surface area contributed by atoms with Crippen molar-refractivity contribution in [2.75, 3.05) is 13.6 Å². The fourth-order valence-corrected chi connectivity index (χ4v) is 1.78. The summed E-state index contributed by atoms with van der Waals surface area (Å²) in [5, 5.41) is 3.02. The number of nitrogens with zero attached hydrogens (tertiary/aromatic N) is 1. The largest absolute Gasteiger partial charge is 0.419 e. The van der Waals surface area contributed by atoms with Gasteiger partial charge in [-0.3, -0.25) is 9.36 Å². The van der Waals surface area contributed by atoms with Crippen LogP contribution in [0, 0.1) is 0 Å². The van der Waals surface area contributed by atoms with Crippen LogP contribution in [-0.2, 0) is 6.54 Å². The van der Waals surface area contributed by atoms with E-state index >= 15 is 0 Å². The summed E-state index contributed by atoms with van der Waals surface area (Å²) in [5.41, 5.74) is 1.70. The summed E-state index contributed by atoms with van der Waals surface area (Å²) in [7, 11) is 1.87. The summed E-state index contributed by atoms with van der Waals surface area (Å²) in [6.45, 7) is 1.44. The van der Waals surface area contributed by atoms with Crippen molar-refractivity contribution in [2.24, 2.45) is 0 Å². The Hall–Kier alpha value is -1.88. The molecule has 1 heterocycles. The fraction of sp³-hybridized carbons (Fsp3) is 0.333. The van der Waals surface area contributed by atoms with Crippen molar-refractivity contribution in [2.45, 2.75) is 13.0 Å². The van der Waals surface area contributed by atoms with Gasteiger partial charge in [0, 0.05) is 12.1 Å². The molecule has 1 aromatic heterocycles. The van der Waals surface area contributed by atoms with Gasteiger partial charge < -0.3 is 9.73 Å². The van der Waals surface area contributed by atoms with Gasteiger partial charge in [-0.25, -0.2) is 4.79 Å². The van der Waals surface area contributed by atoms with Gasteiger partial charge in [0.25, 0.3) is 0 Å². The van der Waals surface area contributed by atoms with Crippen LogP contribution in [0.2, 0.25) is 0 Å². The highest BCUT2D eigenvalue weighted by atomic mass is 16.4. The quantitative estimate of drug-likeness (QED) is 0.619. The minimum atomic E-state index is -0.376. The number of aromatic nitrogens is 1. The molecule has 0 spiro atoms. The lowest BCUT2D eigenvalue weighted by Gasteiger charge is -2.01. The van der Waals surface area contributed by atoms with Crippen LogP contribution in [0.25, 0.3) is 11.1 Å². The lowest BCUT2D eigenvalue weighted by Crippen LogP contribution is -2.17. The second-order valence-corrected chi connectivity index (χ2v) is 3.82. The molecule has 1 aromatic carbocycles. The van der Waals surface area contributed by atoms with Crippen molar-refractivity contribution in [1.29, 1.82) is 0 Å². The predicted molar refractivity (Wildman–Crippen MR) is 64.4 cm³/mol. The van der Waals surface area contributed by atoms with E-state index in [1.807, 2.05) is 7.05 Å². The normalized spacial score (nSPS) is 10.9. The third-order valence-corrected chi connectivity index (χ3v) is 2.64. The molecule has 2 aromatic rings. The zero-order valence-corrected chi connectivity index (χ0v) is 9.60. The van der Waals surface area contributed by atoms with Gasteiger partial charge in [0.05, 0.1) is 5.52 Å². The Labute approximate surface area is 98.0 Å². The zero-order valence-electron chi connectivity index (χ0n) is 9.60. The van der Waals surface area contributed by atoms with Gasteiger partial charge >= 0.3 is 5.76 Å². The molecule has 0 radical (unpaired) electrons. The Morgan fingerprint density at radius 2 is 2.29 bits per heavy atom. The summed E-state index contributed by atoms with van der Waals surface area (Å²) in [4.78, 5) is 22.2. The molecule has 0 unspecified atom stereocenters. The van der Waals surface area contributed by atoms with E-state index in [1.165, 1.54) is 0 Å². The molecule has 5 nitrogen and oxygen atoms in total. The molecule has 1 N–H and O–H groups in total. The average molecular weight is 234 g/mol. The van der Waals surface area contributed by atoms with Crippen LogP contribution in [0.1, 0.15) is 16.8 Å². The predicted octanol–water partition coefficient (Wildman–Crippen LogP) is 1.02. The molecule has 2 rings (SSSR count). The molecule has 0 aliphatic rings. The van der Waals surface area contributed by atoms with Crippen molar-refractivity contribution < 1.29 is 9.21 Å².